The Hall–Kier alpha value is -1.51. The van der Waals surface area contributed by atoms with Gasteiger partial charge >= 0.3 is 0 Å². The lowest BCUT2D eigenvalue weighted by Crippen LogP contribution is -2.27. The molecule has 0 heterocycles. The molecule has 3 nitrogen and oxygen atoms in total. The number of hydrogen-bond donors (Lipinski definition) is 2. The lowest BCUT2D eigenvalue weighted by molar-refractivity contribution is -0.120. The van der Waals surface area contributed by atoms with E-state index in [9.17, 15) is 4.79 Å². The van der Waals surface area contributed by atoms with Gasteiger partial charge in [-0.25, -0.2) is 0 Å². The monoisotopic (exact) mass is 260 g/mol. The minimum Gasteiger partial charge on any atom is -0.399 e. The Morgan fingerprint density at radius 1 is 1.26 bits per heavy atom. The van der Waals surface area contributed by atoms with E-state index in [1.807, 2.05) is 24.3 Å². The number of nitrogen functional groups attached to an aromatic ring is 1. The van der Waals surface area contributed by atoms with Gasteiger partial charge in [-0.15, -0.1) is 0 Å². The molecule has 1 saturated carbocycles. The summed E-state index contributed by atoms with van der Waals surface area (Å²) in [5, 5.41) is 3.02. The fraction of sp³-hybridized carbons (Fsp3) is 0.562. The van der Waals surface area contributed by atoms with Crippen molar-refractivity contribution in [1.29, 1.82) is 0 Å². The molecular weight excluding hydrogens is 236 g/mol. The zero-order valence-corrected chi connectivity index (χ0v) is 11.5. The number of amides is 1. The molecule has 2 rings (SSSR count). The van der Waals surface area contributed by atoms with Gasteiger partial charge in [-0.1, -0.05) is 44.2 Å². The lowest BCUT2D eigenvalue weighted by atomic mass is 9.87. The third-order valence-corrected chi connectivity index (χ3v) is 3.92. The summed E-state index contributed by atoms with van der Waals surface area (Å²) in [4.78, 5) is 11.8. The number of nitrogens with two attached hydrogens (primary N) is 1. The molecular formula is C16H24N2O. The summed E-state index contributed by atoms with van der Waals surface area (Å²) in [6.45, 7) is 0.811. The van der Waals surface area contributed by atoms with Crippen LogP contribution in [0.15, 0.2) is 24.3 Å². The molecule has 3 N–H and O–H groups in total. The summed E-state index contributed by atoms with van der Waals surface area (Å²) >= 11 is 0. The molecule has 0 unspecified atom stereocenters. The van der Waals surface area contributed by atoms with Crippen LogP contribution in [-0.4, -0.2) is 12.5 Å². The zero-order chi connectivity index (χ0) is 13.5. The van der Waals surface area contributed by atoms with Crippen LogP contribution in [0.4, 0.5) is 5.69 Å². The Labute approximate surface area is 115 Å². The van der Waals surface area contributed by atoms with Crippen LogP contribution in [0.3, 0.4) is 0 Å². The average Bonchev–Trinajstić information content (AvgIpc) is 2.40. The third kappa shape index (κ3) is 4.93. The molecule has 3 heteroatoms. The first kappa shape index (κ1) is 13.9. The Morgan fingerprint density at radius 3 is 2.79 bits per heavy atom. The summed E-state index contributed by atoms with van der Waals surface area (Å²) in [6, 6.07) is 7.53. The van der Waals surface area contributed by atoms with Gasteiger partial charge in [-0.3, -0.25) is 4.79 Å². The highest BCUT2D eigenvalue weighted by atomic mass is 16.1. The quantitative estimate of drug-likeness (QED) is 0.800. The van der Waals surface area contributed by atoms with Gasteiger partial charge in [0.25, 0.3) is 0 Å². The minimum atomic E-state index is 0.0985. The van der Waals surface area contributed by atoms with E-state index in [2.05, 4.69) is 5.32 Å². The van der Waals surface area contributed by atoms with Crippen LogP contribution < -0.4 is 11.1 Å². The summed E-state index contributed by atoms with van der Waals surface area (Å²) in [5.41, 5.74) is 7.40. The van der Waals surface area contributed by atoms with E-state index in [0.29, 0.717) is 12.1 Å². The second-order valence-corrected chi connectivity index (χ2v) is 5.56. The van der Waals surface area contributed by atoms with Crippen LogP contribution in [0.1, 0.15) is 44.1 Å². The molecule has 1 aliphatic rings. The van der Waals surface area contributed by atoms with Crippen LogP contribution in [0.2, 0.25) is 0 Å². The maximum atomic E-state index is 11.8. The first-order valence-corrected chi connectivity index (χ1v) is 7.35. The van der Waals surface area contributed by atoms with E-state index in [4.69, 9.17) is 5.73 Å². The summed E-state index contributed by atoms with van der Waals surface area (Å²) in [7, 11) is 0. The molecule has 1 fully saturated rings. The van der Waals surface area contributed by atoms with Crippen LogP contribution in [0, 0.1) is 5.92 Å². The molecule has 1 amide bonds. The van der Waals surface area contributed by atoms with Gasteiger partial charge in [0.15, 0.2) is 0 Å². The predicted molar refractivity (Wildman–Crippen MR) is 78.8 cm³/mol. The highest BCUT2D eigenvalue weighted by Crippen LogP contribution is 2.25. The highest BCUT2D eigenvalue weighted by Gasteiger charge is 2.13. The molecule has 0 aromatic heterocycles. The second-order valence-electron chi connectivity index (χ2n) is 5.56. The number of hydrogen-bond acceptors (Lipinski definition) is 2. The molecule has 1 aromatic carbocycles. The standard InChI is InChI=1S/C16H24N2O/c17-15-8-4-7-14(11-15)12-16(19)18-10-9-13-5-2-1-3-6-13/h4,7-8,11,13H,1-3,5-6,9-10,12,17H2,(H,18,19). The van der Waals surface area contributed by atoms with Gasteiger partial charge in [-0.2, -0.15) is 0 Å². The van der Waals surface area contributed by atoms with Crippen molar-refractivity contribution in [1.82, 2.24) is 5.32 Å². The van der Waals surface area contributed by atoms with Crippen LogP contribution in [0.5, 0.6) is 0 Å². The summed E-state index contributed by atoms with van der Waals surface area (Å²) in [5.74, 6) is 0.919. The first-order valence-electron chi connectivity index (χ1n) is 7.35. The van der Waals surface area contributed by atoms with Crippen molar-refractivity contribution in [2.45, 2.75) is 44.9 Å². The Bertz CT molecular complexity index is 411. The van der Waals surface area contributed by atoms with Crippen molar-refractivity contribution in [3.8, 4) is 0 Å². The molecule has 1 aliphatic carbocycles. The predicted octanol–water partition coefficient (Wildman–Crippen LogP) is 2.90. The maximum absolute atomic E-state index is 11.8. The first-order chi connectivity index (χ1) is 9.24. The molecule has 0 aliphatic heterocycles. The topological polar surface area (TPSA) is 55.1 Å². The van der Waals surface area contributed by atoms with Crippen molar-refractivity contribution < 1.29 is 4.79 Å². The molecule has 0 radical (unpaired) electrons. The molecule has 19 heavy (non-hydrogen) atoms. The van der Waals surface area contributed by atoms with Crippen molar-refractivity contribution in [2.75, 3.05) is 12.3 Å². The van der Waals surface area contributed by atoms with E-state index in [0.717, 1.165) is 24.4 Å². The molecule has 0 spiro atoms. The molecule has 0 saturated heterocycles. The molecule has 0 atom stereocenters. The normalized spacial score (nSPS) is 16.2. The molecule has 0 bridgehead atoms. The van der Waals surface area contributed by atoms with Gasteiger partial charge in [0, 0.05) is 12.2 Å². The van der Waals surface area contributed by atoms with Crippen LogP contribution in [0.25, 0.3) is 0 Å². The van der Waals surface area contributed by atoms with Crippen LogP contribution in [-0.2, 0) is 11.2 Å². The van der Waals surface area contributed by atoms with Gasteiger partial charge < -0.3 is 11.1 Å². The Balaban J connectivity index is 1.67. The molecule has 104 valence electrons. The lowest BCUT2D eigenvalue weighted by Gasteiger charge is -2.21. The fourth-order valence-corrected chi connectivity index (χ4v) is 2.84. The maximum Gasteiger partial charge on any atom is 0.224 e. The number of carbonyl (C=O) groups is 1. The molecule has 1 aromatic rings. The number of carbonyl (C=O) groups excluding carboxylic acids is 1. The summed E-state index contributed by atoms with van der Waals surface area (Å²) < 4.78 is 0. The van der Waals surface area contributed by atoms with E-state index in [1.54, 1.807) is 0 Å². The zero-order valence-electron chi connectivity index (χ0n) is 11.5. The van der Waals surface area contributed by atoms with E-state index >= 15 is 0 Å². The highest BCUT2D eigenvalue weighted by molar-refractivity contribution is 5.78. The SMILES string of the molecule is Nc1cccc(CC(=O)NCCC2CCCCC2)c1. The van der Waals surface area contributed by atoms with Crippen molar-refractivity contribution >= 4 is 11.6 Å². The summed E-state index contributed by atoms with van der Waals surface area (Å²) in [6.07, 6.45) is 8.34. The fourth-order valence-electron chi connectivity index (χ4n) is 2.84. The van der Waals surface area contributed by atoms with Crippen molar-refractivity contribution in [2.24, 2.45) is 5.92 Å². The van der Waals surface area contributed by atoms with E-state index in [-0.39, 0.29) is 5.91 Å². The smallest absolute Gasteiger partial charge is 0.224 e. The van der Waals surface area contributed by atoms with Gasteiger partial charge in [0.2, 0.25) is 5.91 Å². The number of rotatable bonds is 5. The average molecular weight is 260 g/mol. The largest absolute Gasteiger partial charge is 0.399 e. The van der Waals surface area contributed by atoms with Gasteiger partial charge in [0.1, 0.15) is 0 Å². The number of anilines is 1. The Kier molecular flexibility index (Phi) is 5.25. The van der Waals surface area contributed by atoms with Gasteiger partial charge in [0.05, 0.1) is 6.42 Å². The van der Waals surface area contributed by atoms with Crippen LogP contribution >= 0.6 is 0 Å². The van der Waals surface area contributed by atoms with Gasteiger partial charge in [-0.05, 0) is 30.0 Å². The number of benzene rings is 1. The second kappa shape index (κ2) is 7.17. The Morgan fingerprint density at radius 2 is 2.05 bits per heavy atom. The number of nitrogens with one attached hydrogen (secondary N) is 1. The van der Waals surface area contributed by atoms with E-state index in [1.165, 1.54) is 32.1 Å². The minimum absolute atomic E-state index is 0.0985. The van der Waals surface area contributed by atoms with E-state index < -0.39 is 0 Å². The third-order valence-electron chi connectivity index (χ3n) is 3.92. The van der Waals surface area contributed by atoms with Crippen molar-refractivity contribution in [3.05, 3.63) is 29.8 Å². The van der Waals surface area contributed by atoms with Crippen molar-refractivity contribution in [3.63, 3.8) is 0 Å².